The van der Waals surface area contributed by atoms with Crippen LogP contribution in [0, 0.1) is 0 Å². The number of nitrogens with zero attached hydrogens (tertiary/aromatic N) is 1. The maximum absolute atomic E-state index is 12.7. The van der Waals surface area contributed by atoms with E-state index in [1.54, 1.807) is 30.3 Å². The SMILES string of the molecule is O=C(Nc1c(Cl)cc(Cl)cc1-c1nc2ccccc2s1)c1cccc(Br)c1. The highest BCUT2D eigenvalue weighted by atomic mass is 79.9. The van der Waals surface area contributed by atoms with Crippen LogP contribution in [0.3, 0.4) is 0 Å². The zero-order valence-corrected chi connectivity index (χ0v) is 17.6. The number of carbonyl (C=O) groups is 1. The highest BCUT2D eigenvalue weighted by Crippen LogP contribution is 2.40. The second-order valence-corrected chi connectivity index (χ2v) is 8.55. The molecule has 0 unspecified atom stereocenters. The molecule has 7 heteroatoms. The van der Waals surface area contributed by atoms with Crippen LogP contribution in [0.5, 0.6) is 0 Å². The smallest absolute Gasteiger partial charge is 0.255 e. The van der Waals surface area contributed by atoms with Crippen LogP contribution >= 0.6 is 50.5 Å². The first-order valence-electron chi connectivity index (χ1n) is 7.93. The van der Waals surface area contributed by atoms with Gasteiger partial charge < -0.3 is 5.32 Å². The van der Waals surface area contributed by atoms with Crippen molar-refractivity contribution < 1.29 is 4.79 Å². The predicted octanol–water partition coefficient (Wildman–Crippen LogP) is 7.28. The van der Waals surface area contributed by atoms with Gasteiger partial charge in [-0.15, -0.1) is 11.3 Å². The van der Waals surface area contributed by atoms with Crippen molar-refractivity contribution in [1.82, 2.24) is 4.98 Å². The number of anilines is 1. The van der Waals surface area contributed by atoms with E-state index in [4.69, 9.17) is 23.2 Å². The van der Waals surface area contributed by atoms with Gasteiger partial charge in [0, 0.05) is 20.6 Å². The van der Waals surface area contributed by atoms with E-state index in [1.165, 1.54) is 11.3 Å². The summed E-state index contributed by atoms with van der Waals surface area (Å²) >= 11 is 17.5. The molecule has 1 aromatic heterocycles. The number of amides is 1. The zero-order chi connectivity index (χ0) is 19.0. The highest BCUT2D eigenvalue weighted by molar-refractivity contribution is 9.10. The van der Waals surface area contributed by atoms with E-state index in [-0.39, 0.29) is 5.91 Å². The van der Waals surface area contributed by atoms with Crippen LogP contribution in [0.4, 0.5) is 5.69 Å². The normalized spacial score (nSPS) is 10.9. The molecule has 0 aliphatic heterocycles. The number of rotatable bonds is 3. The van der Waals surface area contributed by atoms with E-state index >= 15 is 0 Å². The Kier molecular flexibility index (Phi) is 5.19. The molecule has 0 aliphatic carbocycles. The average molecular weight is 478 g/mol. The van der Waals surface area contributed by atoms with Crippen molar-refractivity contribution in [2.24, 2.45) is 0 Å². The summed E-state index contributed by atoms with van der Waals surface area (Å²) in [5.41, 5.74) is 2.59. The molecule has 27 heavy (non-hydrogen) atoms. The number of benzene rings is 3. The molecule has 4 rings (SSSR count). The van der Waals surface area contributed by atoms with E-state index in [2.05, 4.69) is 26.2 Å². The van der Waals surface area contributed by atoms with E-state index in [9.17, 15) is 4.79 Å². The van der Waals surface area contributed by atoms with Gasteiger partial charge in [0.2, 0.25) is 0 Å². The molecule has 0 saturated heterocycles. The topological polar surface area (TPSA) is 42.0 Å². The fraction of sp³-hybridized carbons (Fsp3) is 0. The fourth-order valence-electron chi connectivity index (χ4n) is 2.67. The predicted molar refractivity (Wildman–Crippen MR) is 117 cm³/mol. The van der Waals surface area contributed by atoms with Gasteiger partial charge in [-0.2, -0.15) is 0 Å². The van der Waals surface area contributed by atoms with Crippen molar-refractivity contribution in [2.75, 3.05) is 5.32 Å². The largest absolute Gasteiger partial charge is 0.320 e. The number of hydrogen-bond acceptors (Lipinski definition) is 3. The molecule has 0 atom stereocenters. The molecule has 0 spiro atoms. The summed E-state index contributed by atoms with van der Waals surface area (Å²) in [6, 6.07) is 18.4. The third-order valence-electron chi connectivity index (χ3n) is 3.90. The zero-order valence-electron chi connectivity index (χ0n) is 13.7. The van der Waals surface area contributed by atoms with Crippen molar-refractivity contribution in [3.05, 3.63) is 80.7 Å². The summed E-state index contributed by atoms with van der Waals surface area (Å²) in [6.45, 7) is 0. The van der Waals surface area contributed by atoms with E-state index < -0.39 is 0 Å². The molecular formula is C20H11BrCl2N2OS. The Morgan fingerprint density at radius 3 is 2.63 bits per heavy atom. The van der Waals surface area contributed by atoms with Gasteiger partial charge in [-0.05, 0) is 42.5 Å². The quantitative estimate of drug-likeness (QED) is 0.336. The summed E-state index contributed by atoms with van der Waals surface area (Å²) in [5.74, 6) is -0.261. The molecule has 0 saturated carbocycles. The molecule has 0 radical (unpaired) electrons. The lowest BCUT2D eigenvalue weighted by Gasteiger charge is -2.12. The van der Waals surface area contributed by atoms with Gasteiger partial charge in [0.15, 0.2) is 0 Å². The first kappa shape index (κ1) is 18.4. The summed E-state index contributed by atoms with van der Waals surface area (Å²) < 4.78 is 1.87. The fourth-order valence-corrected chi connectivity index (χ4v) is 4.60. The molecule has 4 aromatic rings. The number of thiazole rings is 1. The Morgan fingerprint density at radius 1 is 1.04 bits per heavy atom. The molecule has 0 bridgehead atoms. The summed E-state index contributed by atoms with van der Waals surface area (Å²) in [4.78, 5) is 17.4. The van der Waals surface area contributed by atoms with E-state index in [0.29, 0.717) is 26.9 Å². The van der Waals surface area contributed by atoms with Crippen LogP contribution in [-0.2, 0) is 0 Å². The summed E-state index contributed by atoms with van der Waals surface area (Å²) in [6.07, 6.45) is 0. The van der Waals surface area contributed by atoms with E-state index in [1.807, 2.05) is 30.3 Å². The average Bonchev–Trinajstić information content (AvgIpc) is 3.07. The number of para-hydroxylation sites is 1. The minimum Gasteiger partial charge on any atom is -0.320 e. The standard InChI is InChI=1S/C20H11BrCl2N2OS/c21-12-5-3-4-11(8-12)19(26)25-18-14(9-13(22)10-15(18)23)20-24-16-6-1-2-7-17(16)27-20/h1-10H,(H,25,26). The van der Waals surface area contributed by atoms with Gasteiger partial charge in [0.05, 0.1) is 20.9 Å². The molecule has 0 fully saturated rings. The number of halogens is 3. The van der Waals surface area contributed by atoms with Gasteiger partial charge in [0.25, 0.3) is 5.91 Å². The Morgan fingerprint density at radius 2 is 1.85 bits per heavy atom. The van der Waals surface area contributed by atoms with Crippen molar-refractivity contribution in [3.63, 3.8) is 0 Å². The molecule has 0 aliphatic rings. The van der Waals surface area contributed by atoms with Crippen molar-refractivity contribution in [2.45, 2.75) is 0 Å². The minimum absolute atomic E-state index is 0.261. The van der Waals surface area contributed by atoms with Crippen LogP contribution < -0.4 is 5.32 Å². The number of carbonyl (C=O) groups excluding carboxylic acids is 1. The van der Waals surface area contributed by atoms with Crippen LogP contribution in [-0.4, -0.2) is 10.9 Å². The summed E-state index contributed by atoms with van der Waals surface area (Å²) in [7, 11) is 0. The molecular weight excluding hydrogens is 467 g/mol. The number of hydrogen-bond donors (Lipinski definition) is 1. The Bertz CT molecular complexity index is 1140. The van der Waals surface area contributed by atoms with Gasteiger partial charge >= 0.3 is 0 Å². The maximum atomic E-state index is 12.7. The minimum atomic E-state index is -0.261. The Labute approximate surface area is 178 Å². The van der Waals surface area contributed by atoms with E-state index in [0.717, 1.165) is 19.7 Å². The molecule has 1 amide bonds. The lowest BCUT2D eigenvalue weighted by Crippen LogP contribution is -2.13. The number of fused-ring (bicyclic) bond motifs is 1. The molecule has 3 nitrogen and oxygen atoms in total. The van der Waals surface area contributed by atoms with Gasteiger partial charge in [0.1, 0.15) is 5.01 Å². The van der Waals surface area contributed by atoms with Gasteiger partial charge in [-0.1, -0.05) is 57.3 Å². The molecule has 1 heterocycles. The van der Waals surface area contributed by atoms with Crippen LogP contribution in [0.25, 0.3) is 20.8 Å². The van der Waals surface area contributed by atoms with Gasteiger partial charge in [-0.3, -0.25) is 4.79 Å². The molecule has 134 valence electrons. The van der Waals surface area contributed by atoms with Crippen molar-refractivity contribution in [3.8, 4) is 10.6 Å². The highest BCUT2D eigenvalue weighted by Gasteiger charge is 2.18. The molecule has 3 aromatic carbocycles. The third-order valence-corrected chi connectivity index (χ3v) is 5.98. The summed E-state index contributed by atoms with van der Waals surface area (Å²) in [5, 5.41) is 4.49. The second-order valence-electron chi connectivity index (χ2n) is 5.76. The Hall–Kier alpha value is -1.92. The monoisotopic (exact) mass is 476 g/mol. The Balaban J connectivity index is 1.79. The van der Waals surface area contributed by atoms with Gasteiger partial charge in [-0.25, -0.2) is 4.98 Å². The van der Waals surface area contributed by atoms with Crippen LogP contribution in [0.2, 0.25) is 10.0 Å². The lowest BCUT2D eigenvalue weighted by molar-refractivity contribution is 0.102. The first-order chi connectivity index (χ1) is 13.0. The number of nitrogens with one attached hydrogen (secondary N) is 1. The second kappa shape index (κ2) is 7.60. The molecule has 1 N–H and O–H groups in total. The first-order valence-corrected chi connectivity index (χ1v) is 10.3. The lowest BCUT2D eigenvalue weighted by atomic mass is 10.1. The number of aromatic nitrogens is 1. The van der Waals surface area contributed by atoms with Crippen molar-refractivity contribution >= 4 is 72.3 Å². The van der Waals surface area contributed by atoms with Crippen LogP contribution in [0.1, 0.15) is 10.4 Å². The maximum Gasteiger partial charge on any atom is 0.255 e. The third kappa shape index (κ3) is 3.87. The van der Waals surface area contributed by atoms with Crippen LogP contribution in [0.15, 0.2) is 65.1 Å². The van der Waals surface area contributed by atoms with Crippen molar-refractivity contribution in [1.29, 1.82) is 0 Å².